The highest BCUT2D eigenvalue weighted by Crippen LogP contribution is 2.35. The summed E-state index contributed by atoms with van der Waals surface area (Å²) < 4.78 is 17.0. The van der Waals surface area contributed by atoms with Gasteiger partial charge >= 0.3 is 5.97 Å². The molecule has 1 aliphatic rings. The summed E-state index contributed by atoms with van der Waals surface area (Å²) in [4.78, 5) is 15.8. The van der Waals surface area contributed by atoms with Gasteiger partial charge < -0.3 is 14.2 Å². The van der Waals surface area contributed by atoms with Crippen LogP contribution in [-0.2, 0) is 11.8 Å². The SMILES string of the molecule is CCOC(=O)c1nc(-c2ccc3c(c2)OCO3)n(C)n1. The topological polar surface area (TPSA) is 75.5 Å². The fourth-order valence-electron chi connectivity index (χ4n) is 1.95. The van der Waals surface area contributed by atoms with Gasteiger partial charge in [0.25, 0.3) is 5.82 Å². The van der Waals surface area contributed by atoms with Crippen LogP contribution in [0.3, 0.4) is 0 Å². The smallest absolute Gasteiger partial charge is 0.378 e. The summed E-state index contributed by atoms with van der Waals surface area (Å²) in [6, 6.07) is 5.45. The molecule has 0 bridgehead atoms. The Balaban J connectivity index is 1.96. The molecule has 0 aliphatic carbocycles. The first kappa shape index (κ1) is 12.5. The molecular weight excluding hydrogens is 262 g/mol. The number of fused-ring (bicyclic) bond motifs is 1. The molecule has 3 rings (SSSR count). The largest absolute Gasteiger partial charge is 0.460 e. The third-order valence-corrected chi connectivity index (χ3v) is 2.85. The monoisotopic (exact) mass is 275 g/mol. The zero-order chi connectivity index (χ0) is 14.1. The van der Waals surface area contributed by atoms with Crippen molar-refractivity contribution in [2.75, 3.05) is 13.4 Å². The van der Waals surface area contributed by atoms with Gasteiger partial charge in [-0.2, -0.15) is 0 Å². The molecule has 7 heteroatoms. The maximum atomic E-state index is 11.6. The van der Waals surface area contributed by atoms with Gasteiger partial charge in [0, 0.05) is 12.6 Å². The Labute approximate surface area is 115 Å². The summed E-state index contributed by atoms with van der Waals surface area (Å²) in [5.74, 6) is 1.42. The highest BCUT2D eigenvalue weighted by molar-refractivity contribution is 5.85. The van der Waals surface area contributed by atoms with Crippen molar-refractivity contribution in [3.63, 3.8) is 0 Å². The van der Waals surface area contributed by atoms with Crippen LogP contribution >= 0.6 is 0 Å². The van der Waals surface area contributed by atoms with Gasteiger partial charge in [0.2, 0.25) is 6.79 Å². The van der Waals surface area contributed by atoms with Crippen molar-refractivity contribution in [3.05, 3.63) is 24.0 Å². The lowest BCUT2D eigenvalue weighted by Gasteiger charge is -2.01. The van der Waals surface area contributed by atoms with Crippen LogP contribution in [-0.4, -0.2) is 34.1 Å². The molecule has 0 N–H and O–H groups in total. The van der Waals surface area contributed by atoms with Crippen molar-refractivity contribution in [2.45, 2.75) is 6.92 Å². The fourth-order valence-corrected chi connectivity index (χ4v) is 1.95. The molecule has 0 radical (unpaired) electrons. The Morgan fingerprint density at radius 1 is 1.40 bits per heavy atom. The molecule has 0 amide bonds. The highest BCUT2D eigenvalue weighted by atomic mass is 16.7. The molecule has 0 atom stereocenters. The summed E-state index contributed by atoms with van der Waals surface area (Å²) in [7, 11) is 1.72. The fraction of sp³-hybridized carbons (Fsp3) is 0.308. The molecule has 0 saturated heterocycles. The third-order valence-electron chi connectivity index (χ3n) is 2.85. The maximum absolute atomic E-state index is 11.6. The van der Waals surface area contributed by atoms with Gasteiger partial charge in [0.1, 0.15) is 0 Å². The minimum atomic E-state index is -0.532. The molecule has 0 saturated carbocycles. The van der Waals surface area contributed by atoms with Crippen molar-refractivity contribution in [1.29, 1.82) is 0 Å². The number of aromatic nitrogens is 3. The standard InChI is InChI=1S/C13H13N3O4/c1-3-18-13(17)11-14-12(16(2)15-11)8-4-5-9-10(6-8)20-7-19-9/h4-6H,3,7H2,1-2H3. The van der Waals surface area contributed by atoms with Crippen molar-refractivity contribution in [2.24, 2.45) is 7.05 Å². The van der Waals surface area contributed by atoms with Crippen LogP contribution in [0.5, 0.6) is 11.5 Å². The summed E-state index contributed by atoms with van der Waals surface area (Å²) in [5.41, 5.74) is 0.791. The first-order valence-corrected chi connectivity index (χ1v) is 6.17. The molecule has 20 heavy (non-hydrogen) atoms. The van der Waals surface area contributed by atoms with Gasteiger partial charge in [-0.1, -0.05) is 0 Å². The summed E-state index contributed by atoms with van der Waals surface area (Å²) in [6.45, 7) is 2.24. The van der Waals surface area contributed by atoms with Crippen LogP contribution in [0.25, 0.3) is 11.4 Å². The Bertz CT molecular complexity index is 666. The highest BCUT2D eigenvalue weighted by Gasteiger charge is 2.19. The van der Waals surface area contributed by atoms with Gasteiger partial charge in [0.05, 0.1) is 6.61 Å². The molecular formula is C13H13N3O4. The van der Waals surface area contributed by atoms with E-state index in [0.717, 1.165) is 5.56 Å². The summed E-state index contributed by atoms with van der Waals surface area (Å²) >= 11 is 0. The van der Waals surface area contributed by atoms with E-state index in [0.29, 0.717) is 17.3 Å². The number of nitrogens with zero attached hydrogens (tertiary/aromatic N) is 3. The van der Waals surface area contributed by atoms with Crippen molar-refractivity contribution >= 4 is 5.97 Å². The van der Waals surface area contributed by atoms with E-state index in [2.05, 4.69) is 10.1 Å². The predicted octanol–water partition coefficient (Wildman–Crippen LogP) is 1.39. The Morgan fingerprint density at radius 3 is 3.00 bits per heavy atom. The number of carbonyl (C=O) groups is 1. The first-order valence-electron chi connectivity index (χ1n) is 6.17. The van der Waals surface area contributed by atoms with Gasteiger partial charge in [-0.3, -0.25) is 0 Å². The number of hydrogen-bond acceptors (Lipinski definition) is 6. The molecule has 7 nitrogen and oxygen atoms in total. The second-order valence-electron chi connectivity index (χ2n) is 4.17. The maximum Gasteiger partial charge on any atom is 0.378 e. The molecule has 104 valence electrons. The molecule has 0 spiro atoms. The van der Waals surface area contributed by atoms with Crippen molar-refractivity contribution < 1.29 is 19.0 Å². The van der Waals surface area contributed by atoms with E-state index in [4.69, 9.17) is 14.2 Å². The zero-order valence-electron chi connectivity index (χ0n) is 11.1. The number of carbonyl (C=O) groups excluding carboxylic acids is 1. The Kier molecular flexibility index (Phi) is 3.02. The van der Waals surface area contributed by atoms with Crippen LogP contribution in [0.2, 0.25) is 0 Å². The Morgan fingerprint density at radius 2 is 2.20 bits per heavy atom. The second kappa shape index (κ2) is 4.84. The van der Waals surface area contributed by atoms with E-state index < -0.39 is 5.97 Å². The first-order chi connectivity index (χ1) is 9.69. The number of esters is 1. The predicted molar refractivity (Wildman–Crippen MR) is 68.5 cm³/mol. The van der Waals surface area contributed by atoms with Crippen LogP contribution in [0, 0.1) is 0 Å². The number of rotatable bonds is 3. The minimum absolute atomic E-state index is 0.0435. The van der Waals surface area contributed by atoms with Crippen LogP contribution in [0.1, 0.15) is 17.5 Å². The molecule has 0 fully saturated rings. The third kappa shape index (κ3) is 2.07. The van der Waals surface area contributed by atoms with Crippen molar-refractivity contribution in [1.82, 2.24) is 14.8 Å². The van der Waals surface area contributed by atoms with Crippen molar-refractivity contribution in [3.8, 4) is 22.9 Å². The van der Waals surface area contributed by atoms with Gasteiger partial charge in [0.15, 0.2) is 17.3 Å². The van der Waals surface area contributed by atoms with Gasteiger partial charge in [-0.25, -0.2) is 14.5 Å². The molecule has 1 aliphatic heterocycles. The van der Waals surface area contributed by atoms with E-state index in [-0.39, 0.29) is 19.2 Å². The average Bonchev–Trinajstić information content (AvgIpc) is 3.04. The van der Waals surface area contributed by atoms with Crippen LogP contribution in [0.15, 0.2) is 18.2 Å². The van der Waals surface area contributed by atoms with Gasteiger partial charge in [-0.05, 0) is 25.1 Å². The van der Waals surface area contributed by atoms with E-state index in [1.165, 1.54) is 4.68 Å². The van der Waals surface area contributed by atoms with E-state index in [9.17, 15) is 4.79 Å². The van der Waals surface area contributed by atoms with E-state index in [1.807, 2.05) is 6.07 Å². The van der Waals surface area contributed by atoms with Crippen LogP contribution in [0.4, 0.5) is 0 Å². The lowest BCUT2D eigenvalue weighted by atomic mass is 10.2. The summed E-state index contributed by atoms with van der Waals surface area (Å²) in [5, 5.41) is 4.06. The Hall–Kier alpha value is -2.57. The minimum Gasteiger partial charge on any atom is -0.460 e. The van der Waals surface area contributed by atoms with E-state index >= 15 is 0 Å². The number of benzene rings is 1. The normalized spacial score (nSPS) is 12.5. The molecule has 0 unspecified atom stereocenters. The number of ether oxygens (including phenoxy) is 3. The average molecular weight is 275 g/mol. The molecule has 2 heterocycles. The zero-order valence-corrected chi connectivity index (χ0v) is 11.1. The number of hydrogen-bond donors (Lipinski definition) is 0. The summed E-state index contributed by atoms with van der Waals surface area (Å²) in [6.07, 6.45) is 0. The van der Waals surface area contributed by atoms with Crippen LogP contribution < -0.4 is 9.47 Å². The van der Waals surface area contributed by atoms with E-state index in [1.54, 1.807) is 26.1 Å². The van der Waals surface area contributed by atoms with Gasteiger partial charge in [-0.15, -0.1) is 5.10 Å². The number of aryl methyl sites for hydroxylation is 1. The molecule has 1 aromatic carbocycles. The quantitative estimate of drug-likeness (QED) is 0.788. The second-order valence-corrected chi connectivity index (χ2v) is 4.17. The lowest BCUT2D eigenvalue weighted by molar-refractivity contribution is 0.0512. The lowest BCUT2D eigenvalue weighted by Crippen LogP contribution is -2.07. The molecule has 2 aromatic rings. The molecule has 1 aromatic heterocycles.